The Hall–Kier alpha value is -3.48. The molecule has 0 atom stereocenters. The number of allylic oxidation sites excluding steroid dienone is 4. The first-order chi connectivity index (χ1) is 14.7. The predicted molar refractivity (Wildman–Crippen MR) is 118 cm³/mol. The third kappa shape index (κ3) is 5.11. The zero-order valence-electron chi connectivity index (χ0n) is 17.6. The molecule has 0 saturated carbocycles. The van der Waals surface area contributed by atoms with Crippen LogP contribution in [0, 0.1) is 0 Å². The first-order valence-electron chi connectivity index (χ1n) is 10.2. The van der Waals surface area contributed by atoms with Crippen LogP contribution in [0.1, 0.15) is 49.1 Å². The molecule has 0 bridgehead atoms. The van der Waals surface area contributed by atoms with Crippen LogP contribution in [0.2, 0.25) is 0 Å². The van der Waals surface area contributed by atoms with Gasteiger partial charge in [-0.25, -0.2) is 15.0 Å². The molecule has 7 heteroatoms. The summed E-state index contributed by atoms with van der Waals surface area (Å²) in [4.78, 5) is 29.2. The van der Waals surface area contributed by atoms with Crippen molar-refractivity contribution in [2.75, 3.05) is 13.2 Å². The van der Waals surface area contributed by atoms with E-state index in [1.807, 2.05) is 39.0 Å². The van der Waals surface area contributed by atoms with Crippen molar-refractivity contribution in [1.29, 1.82) is 0 Å². The number of H-pyrrole nitrogens is 1. The SMILES string of the molecule is CC=CC(=CC)c1nc2cc(C(=O)NCCCc3ncc[nH]3)ccc2nc1OCC. The summed E-state index contributed by atoms with van der Waals surface area (Å²) in [7, 11) is 0. The third-order valence-corrected chi connectivity index (χ3v) is 4.54. The van der Waals surface area contributed by atoms with Crippen molar-refractivity contribution in [2.24, 2.45) is 0 Å². The molecule has 2 aromatic heterocycles. The van der Waals surface area contributed by atoms with E-state index in [4.69, 9.17) is 9.72 Å². The number of aryl methyl sites for hydroxylation is 1. The monoisotopic (exact) mass is 405 g/mol. The molecule has 0 saturated heterocycles. The van der Waals surface area contributed by atoms with E-state index in [0.29, 0.717) is 41.3 Å². The fraction of sp³-hybridized carbons (Fsp3) is 0.304. The number of nitrogens with one attached hydrogen (secondary N) is 2. The first kappa shape index (κ1) is 21.2. The molecule has 30 heavy (non-hydrogen) atoms. The van der Waals surface area contributed by atoms with Gasteiger partial charge in [-0.15, -0.1) is 0 Å². The molecule has 0 aliphatic carbocycles. The number of carbonyl (C=O) groups excluding carboxylic acids is 1. The van der Waals surface area contributed by atoms with E-state index in [1.165, 1.54) is 0 Å². The topological polar surface area (TPSA) is 92.8 Å². The highest BCUT2D eigenvalue weighted by atomic mass is 16.5. The lowest BCUT2D eigenvalue weighted by molar-refractivity contribution is 0.0953. The molecular weight excluding hydrogens is 378 g/mol. The maximum atomic E-state index is 12.6. The molecule has 0 fully saturated rings. The minimum Gasteiger partial charge on any atom is -0.476 e. The van der Waals surface area contributed by atoms with Gasteiger partial charge < -0.3 is 15.0 Å². The number of nitrogens with zero attached hydrogens (tertiary/aromatic N) is 3. The Balaban J connectivity index is 1.79. The lowest BCUT2D eigenvalue weighted by atomic mass is 10.1. The summed E-state index contributed by atoms with van der Waals surface area (Å²) < 4.78 is 5.71. The molecule has 156 valence electrons. The standard InChI is InChI=1S/C23H27N5O2/c1-4-8-16(5-2)21-23(30-6-3)28-18-11-10-17(15-19(18)27-21)22(29)26-12-7-9-20-24-13-14-25-20/h4-5,8,10-11,13-15H,6-7,9,12H2,1-3H3,(H,24,25)(H,26,29). The average Bonchev–Trinajstić information content (AvgIpc) is 3.28. The maximum absolute atomic E-state index is 12.6. The van der Waals surface area contributed by atoms with Gasteiger partial charge in [0.2, 0.25) is 5.88 Å². The summed E-state index contributed by atoms with van der Waals surface area (Å²) in [6.45, 7) is 6.89. The fourth-order valence-electron chi connectivity index (χ4n) is 3.09. The summed E-state index contributed by atoms with van der Waals surface area (Å²) in [5.41, 5.74) is 3.48. The van der Waals surface area contributed by atoms with Gasteiger partial charge in [0.25, 0.3) is 5.91 Å². The van der Waals surface area contributed by atoms with E-state index in [2.05, 4.69) is 20.3 Å². The van der Waals surface area contributed by atoms with Crippen molar-refractivity contribution in [3.63, 3.8) is 0 Å². The number of carbonyl (C=O) groups is 1. The van der Waals surface area contributed by atoms with Gasteiger partial charge in [-0.2, -0.15) is 0 Å². The van der Waals surface area contributed by atoms with Crippen LogP contribution in [-0.4, -0.2) is 39.0 Å². The molecule has 7 nitrogen and oxygen atoms in total. The molecule has 3 rings (SSSR count). The Morgan fingerprint density at radius 3 is 2.80 bits per heavy atom. The number of hydrogen-bond donors (Lipinski definition) is 2. The number of imidazole rings is 1. The minimum absolute atomic E-state index is 0.131. The zero-order chi connectivity index (χ0) is 21.3. The number of ether oxygens (including phenoxy) is 1. The second-order valence-electron chi connectivity index (χ2n) is 6.65. The van der Waals surface area contributed by atoms with Crippen LogP contribution in [0.25, 0.3) is 16.6 Å². The molecule has 2 N–H and O–H groups in total. The number of fused-ring (bicyclic) bond motifs is 1. The van der Waals surface area contributed by atoms with Crippen molar-refractivity contribution >= 4 is 22.5 Å². The Kier molecular flexibility index (Phi) is 7.32. The summed E-state index contributed by atoms with van der Waals surface area (Å²) in [6.07, 6.45) is 11.0. The second kappa shape index (κ2) is 10.3. The van der Waals surface area contributed by atoms with Crippen LogP contribution in [0.5, 0.6) is 5.88 Å². The molecule has 3 aromatic rings. The van der Waals surface area contributed by atoms with Gasteiger partial charge in [0.15, 0.2) is 0 Å². The predicted octanol–water partition coefficient (Wildman–Crippen LogP) is 4.09. The van der Waals surface area contributed by atoms with Crippen LogP contribution in [0.3, 0.4) is 0 Å². The van der Waals surface area contributed by atoms with E-state index < -0.39 is 0 Å². The van der Waals surface area contributed by atoms with E-state index in [-0.39, 0.29) is 5.91 Å². The summed E-state index contributed by atoms with van der Waals surface area (Å²) in [5, 5.41) is 2.95. The van der Waals surface area contributed by atoms with Crippen LogP contribution < -0.4 is 10.1 Å². The van der Waals surface area contributed by atoms with Crippen molar-refractivity contribution < 1.29 is 9.53 Å². The highest BCUT2D eigenvalue weighted by molar-refractivity contribution is 5.97. The maximum Gasteiger partial charge on any atom is 0.251 e. The molecule has 0 spiro atoms. The molecule has 0 unspecified atom stereocenters. The molecular formula is C23H27N5O2. The number of rotatable bonds is 9. The highest BCUT2D eigenvalue weighted by Gasteiger charge is 2.14. The average molecular weight is 406 g/mol. The van der Waals surface area contributed by atoms with Crippen molar-refractivity contribution in [3.05, 3.63) is 65.9 Å². The lowest BCUT2D eigenvalue weighted by Gasteiger charge is -2.11. The van der Waals surface area contributed by atoms with Gasteiger partial charge in [-0.05, 0) is 45.4 Å². The van der Waals surface area contributed by atoms with Crippen LogP contribution in [0.4, 0.5) is 0 Å². The normalized spacial score (nSPS) is 11.9. The van der Waals surface area contributed by atoms with E-state index in [0.717, 1.165) is 24.2 Å². The molecule has 1 amide bonds. The van der Waals surface area contributed by atoms with Crippen LogP contribution in [-0.2, 0) is 6.42 Å². The Morgan fingerprint density at radius 2 is 2.10 bits per heavy atom. The van der Waals surface area contributed by atoms with Gasteiger partial charge in [0.1, 0.15) is 11.5 Å². The lowest BCUT2D eigenvalue weighted by Crippen LogP contribution is -2.24. The van der Waals surface area contributed by atoms with Gasteiger partial charge in [0, 0.05) is 36.5 Å². The number of aromatic amines is 1. The van der Waals surface area contributed by atoms with Crippen molar-refractivity contribution in [3.8, 4) is 5.88 Å². The number of hydrogen-bond acceptors (Lipinski definition) is 5. The van der Waals surface area contributed by atoms with Crippen LogP contribution >= 0.6 is 0 Å². The zero-order valence-corrected chi connectivity index (χ0v) is 17.6. The number of amides is 1. The van der Waals surface area contributed by atoms with Gasteiger partial charge in [0.05, 0.1) is 17.6 Å². The van der Waals surface area contributed by atoms with E-state index >= 15 is 0 Å². The Morgan fingerprint density at radius 1 is 1.23 bits per heavy atom. The Bertz CT molecular complexity index is 1050. The second-order valence-corrected chi connectivity index (χ2v) is 6.65. The van der Waals surface area contributed by atoms with Crippen molar-refractivity contribution in [2.45, 2.75) is 33.6 Å². The van der Waals surface area contributed by atoms with Gasteiger partial charge in [-0.1, -0.05) is 18.2 Å². The molecule has 2 heterocycles. The van der Waals surface area contributed by atoms with E-state index in [1.54, 1.807) is 30.6 Å². The number of benzene rings is 1. The highest BCUT2D eigenvalue weighted by Crippen LogP contribution is 2.27. The fourth-order valence-corrected chi connectivity index (χ4v) is 3.09. The molecule has 0 radical (unpaired) electrons. The van der Waals surface area contributed by atoms with E-state index in [9.17, 15) is 4.79 Å². The quantitative estimate of drug-likeness (QED) is 0.413. The smallest absolute Gasteiger partial charge is 0.251 e. The van der Waals surface area contributed by atoms with Crippen LogP contribution in [0.15, 0.2) is 48.8 Å². The summed E-state index contributed by atoms with van der Waals surface area (Å²) >= 11 is 0. The molecule has 1 aromatic carbocycles. The first-order valence-corrected chi connectivity index (χ1v) is 10.2. The minimum atomic E-state index is -0.131. The third-order valence-electron chi connectivity index (χ3n) is 4.54. The van der Waals surface area contributed by atoms with Crippen molar-refractivity contribution in [1.82, 2.24) is 25.3 Å². The number of aromatic nitrogens is 4. The largest absolute Gasteiger partial charge is 0.476 e. The molecule has 0 aliphatic rings. The summed E-state index contributed by atoms with van der Waals surface area (Å²) in [5.74, 6) is 1.28. The molecule has 0 aliphatic heterocycles. The van der Waals surface area contributed by atoms with Gasteiger partial charge >= 0.3 is 0 Å². The van der Waals surface area contributed by atoms with Gasteiger partial charge in [-0.3, -0.25) is 4.79 Å². The Labute approximate surface area is 176 Å². The summed E-state index contributed by atoms with van der Waals surface area (Å²) in [6, 6.07) is 5.33.